The minimum Gasteiger partial charge on any atom is -0.369 e. The van der Waals surface area contributed by atoms with Crippen LogP contribution in [0.15, 0.2) is 41.2 Å². The molecule has 0 aliphatic heterocycles. The number of H-pyrrole nitrogens is 1. The number of aromatic nitrogens is 3. The molecule has 6 heteroatoms. The average molecular weight is 316 g/mol. The van der Waals surface area contributed by atoms with Crippen LogP contribution in [0.1, 0.15) is 17.0 Å². The van der Waals surface area contributed by atoms with E-state index in [1.54, 1.807) is 13.0 Å². The van der Waals surface area contributed by atoms with E-state index in [2.05, 4.69) is 15.0 Å². The highest BCUT2D eigenvalue weighted by atomic mass is 35.5. The maximum absolute atomic E-state index is 12.1. The predicted molar refractivity (Wildman–Crippen MR) is 84.8 cm³/mol. The third kappa shape index (κ3) is 3.16. The fraction of sp³-hybridized carbons (Fsp3) is 0.188. The van der Waals surface area contributed by atoms with Crippen molar-refractivity contribution in [3.8, 4) is 0 Å². The molecule has 0 spiro atoms. The number of ether oxygens (including phenoxy) is 1. The summed E-state index contributed by atoms with van der Waals surface area (Å²) < 4.78 is 5.57. The zero-order chi connectivity index (χ0) is 15.5. The van der Waals surface area contributed by atoms with Crippen LogP contribution in [0.3, 0.4) is 0 Å². The van der Waals surface area contributed by atoms with Crippen LogP contribution in [-0.4, -0.2) is 15.0 Å². The van der Waals surface area contributed by atoms with Crippen LogP contribution in [0.25, 0.3) is 11.0 Å². The van der Waals surface area contributed by atoms with E-state index in [-0.39, 0.29) is 12.2 Å². The van der Waals surface area contributed by atoms with Crippen LogP contribution in [0.2, 0.25) is 5.15 Å². The maximum Gasteiger partial charge on any atom is 0.260 e. The molecule has 0 aliphatic carbocycles. The normalized spacial score (nSPS) is 11.0. The van der Waals surface area contributed by atoms with Crippen molar-refractivity contribution in [3.63, 3.8) is 0 Å². The van der Waals surface area contributed by atoms with Crippen LogP contribution in [0.5, 0.6) is 0 Å². The molecule has 0 fully saturated rings. The van der Waals surface area contributed by atoms with Gasteiger partial charge in [0.15, 0.2) is 5.65 Å². The number of nitrogens with zero attached hydrogens (tertiary/aromatic N) is 2. The molecule has 5 nitrogen and oxygen atoms in total. The second-order valence-corrected chi connectivity index (χ2v) is 5.32. The molecule has 2 heterocycles. The molecule has 0 atom stereocenters. The Hall–Kier alpha value is -2.24. The first kappa shape index (κ1) is 14.7. The number of aryl methyl sites for hydroxylation is 1. The average Bonchev–Trinajstić information content (AvgIpc) is 2.50. The van der Waals surface area contributed by atoms with Crippen molar-refractivity contribution < 1.29 is 4.74 Å². The predicted octanol–water partition coefficient (Wildman–Crippen LogP) is 3.00. The molecule has 0 saturated heterocycles. The summed E-state index contributed by atoms with van der Waals surface area (Å²) in [5.74, 6) is 0.431. The van der Waals surface area contributed by atoms with Gasteiger partial charge in [-0.25, -0.2) is 9.97 Å². The van der Waals surface area contributed by atoms with E-state index in [0.717, 1.165) is 11.1 Å². The van der Waals surface area contributed by atoms with Crippen molar-refractivity contribution in [1.29, 1.82) is 0 Å². The first-order valence-electron chi connectivity index (χ1n) is 6.81. The summed E-state index contributed by atoms with van der Waals surface area (Å²) in [5.41, 5.74) is 1.89. The number of fused-ring (bicyclic) bond motifs is 1. The third-order valence-electron chi connectivity index (χ3n) is 3.22. The summed E-state index contributed by atoms with van der Waals surface area (Å²) in [6, 6.07) is 11.5. The highest BCUT2D eigenvalue weighted by Gasteiger charge is 2.08. The van der Waals surface area contributed by atoms with Gasteiger partial charge in [0.2, 0.25) is 0 Å². The molecule has 22 heavy (non-hydrogen) atoms. The smallest absolute Gasteiger partial charge is 0.260 e. The fourth-order valence-electron chi connectivity index (χ4n) is 2.10. The van der Waals surface area contributed by atoms with Gasteiger partial charge in [0.1, 0.15) is 17.6 Å². The molecule has 0 aliphatic rings. The number of hydrogen-bond acceptors (Lipinski definition) is 4. The summed E-state index contributed by atoms with van der Waals surface area (Å²) in [6.07, 6.45) is 0. The summed E-state index contributed by atoms with van der Waals surface area (Å²) in [5, 5.41) is 0.774. The van der Waals surface area contributed by atoms with E-state index in [4.69, 9.17) is 16.3 Å². The van der Waals surface area contributed by atoms with E-state index in [1.807, 2.05) is 30.3 Å². The third-order valence-corrected chi connectivity index (χ3v) is 3.61. The van der Waals surface area contributed by atoms with Crippen LogP contribution in [0, 0.1) is 6.92 Å². The molecule has 1 aromatic carbocycles. The number of halogens is 1. The van der Waals surface area contributed by atoms with Gasteiger partial charge in [-0.05, 0) is 24.1 Å². The summed E-state index contributed by atoms with van der Waals surface area (Å²) in [4.78, 5) is 23.2. The Labute approximate surface area is 132 Å². The molecule has 2 aromatic heterocycles. The molecule has 1 N–H and O–H groups in total. The summed E-state index contributed by atoms with van der Waals surface area (Å²) in [6.45, 7) is 2.45. The Morgan fingerprint density at radius 3 is 2.73 bits per heavy atom. The highest BCUT2D eigenvalue weighted by molar-refractivity contribution is 6.30. The molecule has 3 rings (SSSR count). The second kappa shape index (κ2) is 6.25. The highest BCUT2D eigenvalue weighted by Crippen LogP contribution is 2.16. The Bertz CT molecular complexity index is 862. The van der Waals surface area contributed by atoms with Gasteiger partial charge in [-0.1, -0.05) is 41.9 Å². The summed E-state index contributed by atoms with van der Waals surface area (Å²) in [7, 11) is 0. The van der Waals surface area contributed by atoms with Gasteiger partial charge in [-0.15, -0.1) is 0 Å². The fourth-order valence-corrected chi connectivity index (χ4v) is 2.23. The molecule has 0 radical (unpaired) electrons. The van der Waals surface area contributed by atoms with E-state index in [9.17, 15) is 4.79 Å². The lowest BCUT2D eigenvalue weighted by Crippen LogP contribution is -2.14. The summed E-state index contributed by atoms with van der Waals surface area (Å²) >= 11 is 5.98. The number of nitrogens with one attached hydrogen (secondary N) is 1. The van der Waals surface area contributed by atoms with E-state index < -0.39 is 0 Å². The van der Waals surface area contributed by atoms with Crippen LogP contribution in [0.4, 0.5) is 0 Å². The van der Waals surface area contributed by atoms with Gasteiger partial charge in [-0.3, -0.25) is 4.79 Å². The van der Waals surface area contributed by atoms with E-state index in [0.29, 0.717) is 28.6 Å². The zero-order valence-corrected chi connectivity index (χ0v) is 12.7. The molecule has 0 unspecified atom stereocenters. The second-order valence-electron chi connectivity index (χ2n) is 4.96. The lowest BCUT2D eigenvalue weighted by molar-refractivity contribution is 0.102. The minimum atomic E-state index is -0.240. The Morgan fingerprint density at radius 2 is 1.95 bits per heavy atom. The van der Waals surface area contributed by atoms with Gasteiger partial charge in [0.25, 0.3) is 5.56 Å². The van der Waals surface area contributed by atoms with Crippen LogP contribution in [-0.2, 0) is 18.0 Å². The van der Waals surface area contributed by atoms with Crippen molar-refractivity contribution in [1.82, 2.24) is 15.0 Å². The largest absolute Gasteiger partial charge is 0.369 e. The van der Waals surface area contributed by atoms with Gasteiger partial charge in [-0.2, -0.15) is 0 Å². The minimum absolute atomic E-state index is 0.202. The van der Waals surface area contributed by atoms with Crippen molar-refractivity contribution in [2.45, 2.75) is 20.1 Å². The van der Waals surface area contributed by atoms with Crippen molar-refractivity contribution in [3.05, 3.63) is 68.9 Å². The van der Waals surface area contributed by atoms with E-state index >= 15 is 0 Å². The Kier molecular flexibility index (Phi) is 4.18. The number of aromatic amines is 1. The monoisotopic (exact) mass is 315 g/mol. The number of pyridine rings is 1. The maximum atomic E-state index is 12.1. The molecule has 112 valence electrons. The van der Waals surface area contributed by atoms with Crippen molar-refractivity contribution in [2.75, 3.05) is 0 Å². The topological polar surface area (TPSA) is 67.9 Å². The van der Waals surface area contributed by atoms with Gasteiger partial charge >= 0.3 is 0 Å². The Morgan fingerprint density at radius 1 is 1.18 bits per heavy atom. The molecule has 0 saturated carbocycles. The first-order valence-corrected chi connectivity index (χ1v) is 7.19. The molecule has 3 aromatic rings. The van der Waals surface area contributed by atoms with Crippen LogP contribution < -0.4 is 5.56 Å². The SMILES string of the molecule is Cc1cc2c(=O)[nH]c(COCc3ccccc3)nc2nc1Cl. The number of hydrogen-bond donors (Lipinski definition) is 1. The van der Waals surface area contributed by atoms with Gasteiger partial charge in [0, 0.05) is 0 Å². The zero-order valence-electron chi connectivity index (χ0n) is 12.0. The molecule has 0 bridgehead atoms. The van der Waals surface area contributed by atoms with E-state index in [1.165, 1.54) is 0 Å². The van der Waals surface area contributed by atoms with Crippen LogP contribution >= 0.6 is 11.6 Å². The lowest BCUT2D eigenvalue weighted by Gasteiger charge is -2.06. The van der Waals surface area contributed by atoms with Gasteiger partial charge < -0.3 is 9.72 Å². The Balaban J connectivity index is 1.80. The molecule has 0 amide bonds. The van der Waals surface area contributed by atoms with Crippen molar-refractivity contribution >= 4 is 22.6 Å². The number of rotatable bonds is 4. The quantitative estimate of drug-likeness (QED) is 0.751. The van der Waals surface area contributed by atoms with Crippen molar-refractivity contribution in [2.24, 2.45) is 0 Å². The number of benzene rings is 1. The lowest BCUT2D eigenvalue weighted by atomic mass is 10.2. The first-order chi connectivity index (χ1) is 10.6. The molecular weight excluding hydrogens is 302 g/mol. The standard InChI is InChI=1S/C16H14ClN3O2/c1-10-7-12-15(20-14(10)17)18-13(19-16(12)21)9-22-8-11-5-3-2-4-6-11/h2-7H,8-9H2,1H3,(H,18,19,20,21). The molecular formula is C16H14ClN3O2. The van der Waals surface area contributed by atoms with Gasteiger partial charge in [0.05, 0.1) is 12.0 Å².